The van der Waals surface area contributed by atoms with Crippen LogP contribution in [0.25, 0.3) is 0 Å². The predicted octanol–water partition coefficient (Wildman–Crippen LogP) is 4.01. The summed E-state index contributed by atoms with van der Waals surface area (Å²) in [5.74, 6) is 0. The van der Waals surface area contributed by atoms with Crippen LogP contribution >= 0.6 is 27.3 Å². The summed E-state index contributed by atoms with van der Waals surface area (Å²) in [5, 5.41) is 1.78. The lowest BCUT2D eigenvalue weighted by atomic mass is 10.2. The van der Waals surface area contributed by atoms with Gasteiger partial charge in [-0.25, -0.2) is 13.1 Å². The Morgan fingerprint density at radius 1 is 1.24 bits per heavy atom. The molecule has 0 aliphatic heterocycles. The quantitative estimate of drug-likeness (QED) is 0.843. The van der Waals surface area contributed by atoms with Crippen LogP contribution in [0.1, 0.15) is 10.4 Å². The molecule has 0 aliphatic carbocycles. The van der Waals surface area contributed by atoms with Crippen LogP contribution < -0.4 is 4.72 Å². The van der Waals surface area contributed by atoms with Crippen molar-refractivity contribution in [2.45, 2.75) is 17.6 Å². The maximum Gasteiger partial charge on any atom is 0.416 e. The first kappa shape index (κ1) is 16.5. The highest BCUT2D eigenvalue weighted by molar-refractivity contribution is 9.10. The molecule has 2 rings (SSSR count). The van der Waals surface area contributed by atoms with Crippen LogP contribution in [0.4, 0.5) is 13.2 Å². The third kappa shape index (κ3) is 4.06. The highest BCUT2D eigenvalue weighted by Gasteiger charge is 2.31. The molecule has 0 unspecified atom stereocenters. The molecule has 0 radical (unpaired) electrons. The van der Waals surface area contributed by atoms with Crippen molar-refractivity contribution in [1.82, 2.24) is 4.72 Å². The zero-order chi connectivity index (χ0) is 15.7. The first-order valence-corrected chi connectivity index (χ1v) is 8.74. The fraction of sp³-hybridized carbons (Fsp3) is 0.167. The van der Waals surface area contributed by atoms with Gasteiger partial charge < -0.3 is 0 Å². The standard InChI is InChI=1S/C12H9BrF3NO2S2/c13-10-4-5-20-11(10)7-17-21(18,19)9-3-1-2-8(6-9)12(14,15)16/h1-6,17H,7H2. The molecular weight excluding hydrogens is 391 g/mol. The van der Waals surface area contributed by atoms with E-state index in [1.807, 2.05) is 0 Å². The van der Waals surface area contributed by atoms with Gasteiger partial charge in [-0.15, -0.1) is 11.3 Å². The van der Waals surface area contributed by atoms with Gasteiger partial charge in [0.1, 0.15) is 0 Å². The van der Waals surface area contributed by atoms with E-state index in [-0.39, 0.29) is 6.54 Å². The van der Waals surface area contributed by atoms with Crippen molar-refractivity contribution >= 4 is 37.3 Å². The third-order valence-electron chi connectivity index (χ3n) is 2.59. The second kappa shape index (κ2) is 6.07. The molecule has 0 spiro atoms. The topological polar surface area (TPSA) is 46.2 Å². The molecule has 1 aromatic heterocycles. The van der Waals surface area contributed by atoms with E-state index in [4.69, 9.17) is 0 Å². The Morgan fingerprint density at radius 3 is 2.52 bits per heavy atom. The Hall–Kier alpha value is -0.900. The number of rotatable bonds is 4. The zero-order valence-corrected chi connectivity index (χ0v) is 13.5. The van der Waals surface area contributed by atoms with E-state index in [2.05, 4.69) is 20.7 Å². The minimum absolute atomic E-state index is 0.0107. The second-order valence-corrected chi connectivity index (χ2v) is 7.66. The monoisotopic (exact) mass is 399 g/mol. The minimum atomic E-state index is -4.58. The molecule has 1 heterocycles. The van der Waals surface area contributed by atoms with Crippen molar-refractivity contribution in [1.29, 1.82) is 0 Å². The number of nitrogens with one attached hydrogen (secondary N) is 1. The van der Waals surface area contributed by atoms with Crippen LogP contribution in [-0.4, -0.2) is 8.42 Å². The molecule has 1 aromatic carbocycles. The SMILES string of the molecule is O=S(=O)(NCc1sccc1Br)c1cccc(C(F)(F)F)c1. The number of halogens is 4. The smallest absolute Gasteiger partial charge is 0.207 e. The van der Waals surface area contributed by atoms with Gasteiger partial charge in [-0.1, -0.05) is 6.07 Å². The average molecular weight is 400 g/mol. The Labute approximate surface area is 132 Å². The summed E-state index contributed by atoms with van der Waals surface area (Å²) in [7, 11) is -4.00. The molecule has 1 N–H and O–H groups in total. The normalized spacial score (nSPS) is 12.6. The summed E-state index contributed by atoms with van der Waals surface area (Å²) in [5.41, 5.74) is -0.998. The highest BCUT2D eigenvalue weighted by Crippen LogP contribution is 2.30. The Kier molecular flexibility index (Phi) is 4.76. The molecule has 2 aromatic rings. The minimum Gasteiger partial charge on any atom is -0.207 e. The summed E-state index contributed by atoms with van der Waals surface area (Å²) in [6, 6.07) is 5.40. The maximum atomic E-state index is 12.6. The number of alkyl halides is 3. The van der Waals surface area contributed by atoms with Gasteiger partial charge in [-0.3, -0.25) is 0 Å². The van der Waals surface area contributed by atoms with Crippen LogP contribution in [0.15, 0.2) is 45.1 Å². The molecule has 114 valence electrons. The van der Waals surface area contributed by atoms with Crippen molar-refractivity contribution in [2.24, 2.45) is 0 Å². The molecule has 9 heteroatoms. The summed E-state index contributed by atoms with van der Waals surface area (Å²) in [6.45, 7) is 0.0107. The van der Waals surface area contributed by atoms with Gasteiger partial charge in [0.2, 0.25) is 10.0 Å². The van der Waals surface area contributed by atoms with Gasteiger partial charge in [-0.05, 0) is 45.6 Å². The van der Waals surface area contributed by atoms with Gasteiger partial charge in [0.05, 0.1) is 10.5 Å². The molecule has 3 nitrogen and oxygen atoms in total. The maximum absolute atomic E-state index is 12.6. The van der Waals surface area contributed by atoms with Crippen molar-refractivity contribution in [3.05, 3.63) is 50.6 Å². The third-order valence-corrected chi connectivity index (χ3v) is 5.91. The van der Waals surface area contributed by atoms with E-state index >= 15 is 0 Å². The van der Waals surface area contributed by atoms with E-state index in [9.17, 15) is 21.6 Å². The van der Waals surface area contributed by atoms with E-state index in [0.717, 1.165) is 27.5 Å². The summed E-state index contributed by atoms with van der Waals surface area (Å²) in [6.07, 6.45) is -4.58. The molecule has 0 atom stereocenters. The number of hydrogen-bond acceptors (Lipinski definition) is 3. The molecule has 0 bridgehead atoms. The number of hydrogen-bond donors (Lipinski definition) is 1. The van der Waals surface area contributed by atoms with Gasteiger partial charge in [0, 0.05) is 15.9 Å². The Bertz CT molecular complexity index is 741. The second-order valence-electron chi connectivity index (χ2n) is 4.04. The Morgan fingerprint density at radius 2 is 1.95 bits per heavy atom. The molecule has 0 amide bonds. The fourth-order valence-electron chi connectivity index (χ4n) is 1.53. The lowest BCUT2D eigenvalue weighted by Gasteiger charge is -2.10. The van der Waals surface area contributed by atoms with E-state index < -0.39 is 26.7 Å². The van der Waals surface area contributed by atoms with Crippen LogP contribution in [-0.2, 0) is 22.7 Å². The molecule has 0 fully saturated rings. The first-order chi connectivity index (χ1) is 9.70. The van der Waals surface area contributed by atoms with Gasteiger partial charge in [-0.2, -0.15) is 13.2 Å². The highest BCUT2D eigenvalue weighted by atomic mass is 79.9. The van der Waals surface area contributed by atoms with Gasteiger partial charge in [0.15, 0.2) is 0 Å². The van der Waals surface area contributed by atoms with Crippen molar-refractivity contribution in [2.75, 3.05) is 0 Å². The molecule has 0 aliphatic rings. The summed E-state index contributed by atoms with van der Waals surface area (Å²) in [4.78, 5) is 0.329. The lowest BCUT2D eigenvalue weighted by Crippen LogP contribution is -2.23. The fourth-order valence-corrected chi connectivity index (χ4v) is 4.10. The van der Waals surface area contributed by atoms with Crippen molar-refractivity contribution in [3.63, 3.8) is 0 Å². The molecule has 0 saturated carbocycles. The van der Waals surface area contributed by atoms with Crippen LogP contribution in [0, 0.1) is 0 Å². The zero-order valence-electron chi connectivity index (χ0n) is 10.3. The number of benzene rings is 1. The first-order valence-electron chi connectivity index (χ1n) is 5.59. The predicted molar refractivity (Wildman–Crippen MR) is 77.5 cm³/mol. The van der Waals surface area contributed by atoms with E-state index in [1.165, 1.54) is 11.3 Å². The molecular formula is C12H9BrF3NO2S2. The van der Waals surface area contributed by atoms with Gasteiger partial charge in [0.25, 0.3) is 0 Å². The van der Waals surface area contributed by atoms with E-state index in [0.29, 0.717) is 6.07 Å². The largest absolute Gasteiger partial charge is 0.416 e. The van der Waals surface area contributed by atoms with Crippen LogP contribution in [0.3, 0.4) is 0 Å². The lowest BCUT2D eigenvalue weighted by molar-refractivity contribution is -0.137. The Balaban J connectivity index is 2.22. The van der Waals surface area contributed by atoms with Crippen molar-refractivity contribution in [3.8, 4) is 0 Å². The number of thiophene rings is 1. The van der Waals surface area contributed by atoms with E-state index in [1.54, 1.807) is 11.4 Å². The van der Waals surface area contributed by atoms with Crippen LogP contribution in [0.5, 0.6) is 0 Å². The number of sulfonamides is 1. The summed E-state index contributed by atoms with van der Waals surface area (Å²) >= 11 is 4.59. The van der Waals surface area contributed by atoms with Crippen molar-refractivity contribution < 1.29 is 21.6 Å². The average Bonchev–Trinajstić information content (AvgIpc) is 2.81. The van der Waals surface area contributed by atoms with Crippen LogP contribution in [0.2, 0.25) is 0 Å². The summed E-state index contributed by atoms with van der Waals surface area (Å²) < 4.78 is 64.9. The van der Waals surface area contributed by atoms with Gasteiger partial charge >= 0.3 is 6.18 Å². The molecule has 21 heavy (non-hydrogen) atoms. The molecule has 0 saturated heterocycles.